The Bertz CT molecular complexity index is 1150. The minimum Gasteiger partial charge on any atom is -0.268 e. The summed E-state index contributed by atoms with van der Waals surface area (Å²) in [6, 6.07) is 8.18. The Morgan fingerprint density at radius 3 is 2.69 bits per heavy atom. The average molecular weight is 356 g/mol. The molecule has 1 fully saturated rings. The summed E-state index contributed by atoms with van der Waals surface area (Å²) in [5.74, 6) is 0.232. The van der Waals surface area contributed by atoms with Gasteiger partial charge < -0.3 is 0 Å². The van der Waals surface area contributed by atoms with Gasteiger partial charge in [-0.3, -0.25) is 4.68 Å². The van der Waals surface area contributed by atoms with Gasteiger partial charge in [-0.2, -0.15) is 23.4 Å². The highest BCUT2D eigenvalue weighted by Crippen LogP contribution is 2.47. The van der Waals surface area contributed by atoms with E-state index < -0.39 is 11.7 Å². The highest BCUT2D eigenvalue weighted by Gasteiger charge is 2.37. The van der Waals surface area contributed by atoms with Crippen LogP contribution in [0.15, 0.2) is 42.7 Å². The highest BCUT2D eigenvalue weighted by molar-refractivity contribution is 5.91. The van der Waals surface area contributed by atoms with Crippen molar-refractivity contribution in [2.45, 2.75) is 24.9 Å². The summed E-state index contributed by atoms with van der Waals surface area (Å²) in [5.41, 5.74) is 2.51. The molecule has 1 aliphatic rings. The summed E-state index contributed by atoms with van der Waals surface area (Å²) in [4.78, 5) is 0. The van der Waals surface area contributed by atoms with Gasteiger partial charge in [0.1, 0.15) is 0 Å². The summed E-state index contributed by atoms with van der Waals surface area (Å²) in [6.45, 7) is 0. The third kappa shape index (κ3) is 2.23. The summed E-state index contributed by atoms with van der Waals surface area (Å²) in [6.07, 6.45) is 0.811. The van der Waals surface area contributed by atoms with E-state index in [0.29, 0.717) is 5.56 Å². The number of fused-ring (bicyclic) bond motifs is 2. The van der Waals surface area contributed by atoms with Crippen molar-refractivity contribution < 1.29 is 13.2 Å². The average Bonchev–Trinajstić information content (AvgIpc) is 3.28. The number of aromatic nitrogens is 4. The number of alkyl halides is 3. The van der Waals surface area contributed by atoms with E-state index in [1.54, 1.807) is 17.1 Å². The lowest BCUT2D eigenvalue weighted by Crippen LogP contribution is -2.07. The molecular formula is C19H15F3N4. The van der Waals surface area contributed by atoms with Crippen LogP contribution in [-0.2, 0) is 13.2 Å². The van der Waals surface area contributed by atoms with Gasteiger partial charge in [0.15, 0.2) is 0 Å². The van der Waals surface area contributed by atoms with Crippen molar-refractivity contribution in [1.29, 1.82) is 0 Å². The van der Waals surface area contributed by atoms with Gasteiger partial charge in [-0.05, 0) is 42.7 Å². The van der Waals surface area contributed by atoms with Gasteiger partial charge in [0.05, 0.1) is 28.5 Å². The molecule has 4 aromatic rings. The second-order valence-corrected chi connectivity index (χ2v) is 6.79. The standard InChI is InChI=1S/C19H15F3N4/c1-25-15-7-6-12(9-13(15)10-23-25)16-17(11-4-5-11)24-26-8-2-3-14(18(16)26)19(20,21)22/h2-3,6-11H,4-5H2,1H3. The van der Waals surface area contributed by atoms with Gasteiger partial charge in [0, 0.05) is 30.1 Å². The normalized spacial score (nSPS) is 15.2. The van der Waals surface area contributed by atoms with E-state index in [1.807, 2.05) is 25.2 Å². The molecule has 3 heterocycles. The van der Waals surface area contributed by atoms with Gasteiger partial charge in [0.25, 0.3) is 0 Å². The van der Waals surface area contributed by atoms with Crippen LogP contribution in [0.4, 0.5) is 13.2 Å². The molecular weight excluding hydrogens is 341 g/mol. The lowest BCUT2D eigenvalue weighted by Gasteiger charge is -2.10. The van der Waals surface area contributed by atoms with Crippen molar-refractivity contribution >= 4 is 16.4 Å². The van der Waals surface area contributed by atoms with Crippen LogP contribution in [0.2, 0.25) is 0 Å². The minimum absolute atomic E-state index is 0.130. The molecule has 4 nitrogen and oxygen atoms in total. The lowest BCUT2D eigenvalue weighted by atomic mass is 9.98. The Kier molecular flexibility index (Phi) is 3.02. The minimum atomic E-state index is -4.43. The van der Waals surface area contributed by atoms with E-state index in [9.17, 15) is 13.2 Å². The Labute approximate surface area is 146 Å². The molecule has 1 aliphatic carbocycles. The van der Waals surface area contributed by atoms with Gasteiger partial charge >= 0.3 is 6.18 Å². The first kappa shape index (κ1) is 15.4. The fourth-order valence-corrected chi connectivity index (χ4v) is 3.59. The van der Waals surface area contributed by atoms with E-state index in [2.05, 4.69) is 10.2 Å². The van der Waals surface area contributed by atoms with E-state index in [-0.39, 0.29) is 11.4 Å². The molecule has 26 heavy (non-hydrogen) atoms. The third-order valence-electron chi connectivity index (χ3n) is 4.99. The number of hydrogen-bond acceptors (Lipinski definition) is 2. The van der Waals surface area contributed by atoms with Crippen molar-refractivity contribution in [2.24, 2.45) is 7.05 Å². The number of benzene rings is 1. The van der Waals surface area contributed by atoms with Crippen LogP contribution in [0.3, 0.4) is 0 Å². The summed E-state index contributed by atoms with van der Waals surface area (Å²) in [7, 11) is 1.84. The molecule has 0 unspecified atom stereocenters. The number of aryl methyl sites for hydroxylation is 1. The molecule has 0 N–H and O–H groups in total. The first-order valence-electron chi connectivity index (χ1n) is 8.44. The Hall–Kier alpha value is -2.83. The van der Waals surface area contributed by atoms with Crippen LogP contribution >= 0.6 is 0 Å². The zero-order chi connectivity index (χ0) is 18.1. The number of pyridine rings is 1. The zero-order valence-corrected chi connectivity index (χ0v) is 14.0. The van der Waals surface area contributed by atoms with E-state index in [1.165, 1.54) is 10.6 Å². The van der Waals surface area contributed by atoms with E-state index in [4.69, 9.17) is 0 Å². The SMILES string of the molecule is Cn1ncc2cc(-c3c(C4CC4)nn4cccc(C(F)(F)F)c34)ccc21. The molecule has 0 atom stereocenters. The van der Waals surface area contributed by atoms with Crippen LogP contribution in [0.5, 0.6) is 0 Å². The molecule has 7 heteroatoms. The van der Waals surface area contributed by atoms with Crippen molar-refractivity contribution in [3.05, 3.63) is 54.0 Å². The van der Waals surface area contributed by atoms with Gasteiger partial charge in [0.2, 0.25) is 0 Å². The molecule has 0 aliphatic heterocycles. The molecule has 0 amide bonds. The number of rotatable bonds is 2. The molecule has 0 saturated heterocycles. The maximum atomic E-state index is 13.6. The predicted octanol–water partition coefficient (Wildman–Crippen LogP) is 4.78. The molecule has 1 aromatic carbocycles. The number of nitrogens with zero attached hydrogens (tertiary/aromatic N) is 4. The van der Waals surface area contributed by atoms with Gasteiger partial charge in [-0.1, -0.05) is 6.07 Å². The Morgan fingerprint density at radius 2 is 1.96 bits per heavy atom. The molecule has 132 valence electrons. The van der Waals surface area contributed by atoms with Crippen LogP contribution in [0.25, 0.3) is 27.5 Å². The molecule has 0 spiro atoms. The molecule has 3 aromatic heterocycles. The Morgan fingerprint density at radius 1 is 1.15 bits per heavy atom. The predicted molar refractivity (Wildman–Crippen MR) is 91.9 cm³/mol. The quantitative estimate of drug-likeness (QED) is 0.518. The van der Waals surface area contributed by atoms with Crippen molar-refractivity contribution in [3.63, 3.8) is 0 Å². The maximum Gasteiger partial charge on any atom is 0.418 e. The Balaban J connectivity index is 1.85. The molecule has 0 radical (unpaired) electrons. The van der Waals surface area contributed by atoms with Gasteiger partial charge in [-0.25, -0.2) is 4.52 Å². The summed E-state index contributed by atoms with van der Waals surface area (Å²) in [5, 5.41) is 9.63. The third-order valence-corrected chi connectivity index (χ3v) is 4.99. The topological polar surface area (TPSA) is 35.1 Å². The zero-order valence-electron chi connectivity index (χ0n) is 14.0. The fourth-order valence-electron chi connectivity index (χ4n) is 3.59. The number of halogens is 3. The monoisotopic (exact) mass is 356 g/mol. The maximum absolute atomic E-state index is 13.6. The smallest absolute Gasteiger partial charge is 0.268 e. The second-order valence-electron chi connectivity index (χ2n) is 6.79. The van der Waals surface area contributed by atoms with Crippen molar-refractivity contribution in [3.8, 4) is 11.1 Å². The molecule has 1 saturated carbocycles. The van der Waals surface area contributed by atoms with Crippen LogP contribution in [-0.4, -0.2) is 19.4 Å². The second kappa shape index (κ2) is 5.09. The largest absolute Gasteiger partial charge is 0.418 e. The van der Waals surface area contributed by atoms with Crippen LogP contribution < -0.4 is 0 Å². The fraction of sp³-hybridized carbons (Fsp3) is 0.263. The van der Waals surface area contributed by atoms with E-state index >= 15 is 0 Å². The summed E-state index contributed by atoms with van der Waals surface area (Å²) < 4.78 is 44.0. The van der Waals surface area contributed by atoms with Crippen molar-refractivity contribution in [1.82, 2.24) is 19.4 Å². The highest BCUT2D eigenvalue weighted by atomic mass is 19.4. The summed E-state index contributed by atoms with van der Waals surface area (Å²) >= 11 is 0. The molecule has 5 rings (SSSR count). The van der Waals surface area contributed by atoms with Crippen molar-refractivity contribution in [2.75, 3.05) is 0 Å². The van der Waals surface area contributed by atoms with Crippen LogP contribution in [0, 0.1) is 0 Å². The first-order valence-corrected chi connectivity index (χ1v) is 8.44. The van der Waals surface area contributed by atoms with Gasteiger partial charge in [-0.15, -0.1) is 0 Å². The lowest BCUT2D eigenvalue weighted by molar-refractivity contribution is -0.136. The number of hydrogen-bond donors (Lipinski definition) is 0. The van der Waals surface area contributed by atoms with Crippen LogP contribution in [0.1, 0.15) is 30.0 Å². The molecule has 0 bridgehead atoms. The first-order chi connectivity index (χ1) is 12.4. The van der Waals surface area contributed by atoms with E-state index in [0.717, 1.165) is 41.1 Å².